The Labute approximate surface area is 105 Å². The molecule has 6 heteroatoms. The van der Waals surface area contributed by atoms with E-state index in [0.29, 0.717) is 26.4 Å². The fourth-order valence-electron chi connectivity index (χ4n) is 2.22. The van der Waals surface area contributed by atoms with Crippen molar-refractivity contribution < 1.29 is 18.4 Å². The summed E-state index contributed by atoms with van der Waals surface area (Å²) in [7, 11) is -2.54. The van der Waals surface area contributed by atoms with Gasteiger partial charge in [-0.15, -0.1) is 0 Å². The SMILES string of the molecule is CCOC1CCN(OCC)[Si]1(OCC)OCC. The normalized spacial score (nSPS) is 24.4. The minimum Gasteiger partial charge on any atom is -0.380 e. The van der Waals surface area contributed by atoms with Crippen molar-refractivity contribution in [2.24, 2.45) is 0 Å². The molecule has 0 aliphatic carbocycles. The molecule has 0 spiro atoms. The molecule has 1 rings (SSSR count). The van der Waals surface area contributed by atoms with Crippen molar-refractivity contribution in [2.75, 3.05) is 33.0 Å². The monoisotopic (exact) mass is 263 g/mol. The second-order valence-electron chi connectivity index (χ2n) is 3.75. The fraction of sp³-hybridized carbons (Fsp3) is 1.00. The Hall–Kier alpha value is 0.0169. The summed E-state index contributed by atoms with van der Waals surface area (Å²) in [4.78, 5) is 5.67. The van der Waals surface area contributed by atoms with Crippen LogP contribution in [0.4, 0.5) is 0 Å². The third-order valence-corrected chi connectivity index (χ3v) is 6.43. The van der Waals surface area contributed by atoms with Gasteiger partial charge in [0.25, 0.3) is 0 Å². The average Bonchev–Trinajstić information content (AvgIpc) is 2.61. The van der Waals surface area contributed by atoms with Crippen LogP contribution in [0, 0.1) is 0 Å². The first-order valence-electron chi connectivity index (χ1n) is 6.55. The van der Waals surface area contributed by atoms with Gasteiger partial charge in [0, 0.05) is 26.4 Å². The van der Waals surface area contributed by atoms with Crippen LogP contribution in [0.1, 0.15) is 34.1 Å². The van der Waals surface area contributed by atoms with E-state index < -0.39 is 8.72 Å². The molecule has 0 aromatic carbocycles. The van der Waals surface area contributed by atoms with Gasteiger partial charge in [0.2, 0.25) is 0 Å². The van der Waals surface area contributed by atoms with E-state index in [1.807, 2.05) is 32.4 Å². The molecule has 1 unspecified atom stereocenters. The van der Waals surface area contributed by atoms with Crippen molar-refractivity contribution in [3.8, 4) is 0 Å². The van der Waals surface area contributed by atoms with Crippen molar-refractivity contribution in [3.63, 3.8) is 0 Å². The Bertz CT molecular complexity index is 196. The van der Waals surface area contributed by atoms with Crippen molar-refractivity contribution in [1.29, 1.82) is 0 Å². The Kier molecular flexibility index (Phi) is 6.61. The number of nitrogens with zero attached hydrogens (tertiary/aromatic N) is 1. The Morgan fingerprint density at radius 1 is 1.00 bits per heavy atom. The van der Waals surface area contributed by atoms with Crippen LogP contribution < -0.4 is 0 Å². The van der Waals surface area contributed by atoms with E-state index in [0.717, 1.165) is 13.0 Å². The maximum Gasteiger partial charge on any atom is 0.482 e. The van der Waals surface area contributed by atoms with Crippen molar-refractivity contribution >= 4 is 8.72 Å². The molecule has 1 heterocycles. The molecule has 1 atom stereocenters. The average molecular weight is 263 g/mol. The number of hydroxylamine groups is 1. The smallest absolute Gasteiger partial charge is 0.380 e. The van der Waals surface area contributed by atoms with E-state index in [4.69, 9.17) is 18.4 Å². The highest BCUT2D eigenvalue weighted by atomic mass is 28.4. The molecule has 102 valence electrons. The zero-order valence-electron chi connectivity index (χ0n) is 11.4. The first-order valence-corrected chi connectivity index (χ1v) is 8.39. The summed E-state index contributed by atoms with van der Waals surface area (Å²) >= 11 is 0. The van der Waals surface area contributed by atoms with E-state index >= 15 is 0 Å². The molecule has 0 amide bonds. The summed E-state index contributed by atoms with van der Waals surface area (Å²) in [6, 6.07) is 0. The minimum absolute atomic E-state index is 0.0407. The lowest BCUT2D eigenvalue weighted by Gasteiger charge is -2.35. The third kappa shape index (κ3) is 3.27. The lowest BCUT2D eigenvalue weighted by Crippen LogP contribution is -2.61. The van der Waals surface area contributed by atoms with Crippen molar-refractivity contribution in [2.45, 2.75) is 39.8 Å². The van der Waals surface area contributed by atoms with E-state index in [2.05, 4.69) is 0 Å². The van der Waals surface area contributed by atoms with Gasteiger partial charge in [-0.25, -0.2) is 0 Å². The molecule has 0 saturated carbocycles. The van der Waals surface area contributed by atoms with Crippen LogP contribution in [-0.2, 0) is 18.4 Å². The van der Waals surface area contributed by atoms with E-state index in [9.17, 15) is 0 Å². The van der Waals surface area contributed by atoms with Crippen molar-refractivity contribution in [1.82, 2.24) is 4.73 Å². The van der Waals surface area contributed by atoms with Gasteiger partial charge in [0.1, 0.15) is 5.73 Å². The summed E-state index contributed by atoms with van der Waals surface area (Å²) in [6.07, 6.45) is 0.917. The zero-order valence-corrected chi connectivity index (χ0v) is 12.4. The molecule has 1 fully saturated rings. The molecule has 1 aliphatic rings. The molecule has 1 aliphatic heterocycles. The summed E-state index contributed by atoms with van der Waals surface area (Å²) < 4.78 is 19.6. The van der Waals surface area contributed by atoms with Crippen LogP contribution in [0.3, 0.4) is 0 Å². The first kappa shape index (κ1) is 15.1. The number of rotatable bonds is 8. The van der Waals surface area contributed by atoms with Crippen molar-refractivity contribution in [3.05, 3.63) is 0 Å². The van der Waals surface area contributed by atoms with Crippen LogP contribution in [0.15, 0.2) is 0 Å². The summed E-state index contributed by atoms with van der Waals surface area (Å²) in [6.45, 7) is 11.3. The van der Waals surface area contributed by atoms with E-state index in [-0.39, 0.29) is 5.73 Å². The molecule has 5 nitrogen and oxygen atoms in total. The van der Waals surface area contributed by atoms with Gasteiger partial charge in [0.15, 0.2) is 0 Å². The van der Waals surface area contributed by atoms with E-state index in [1.54, 1.807) is 0 Å². The largest absolute Gasteiger partial charge is 0.482 e. The fourth-order valence-corrected chi connectivity index (χ4v) is 5.73. The molecule has 1 saturated heterocycles. The number of hydrogen-bond donors (Lipinski definition) is 0. The molecule has 0 radical (unpaired) electrons. The Morgan fingerprint density at radius 3 is 2.12 bits per heavy atom. The number of hydrogen-bond acceptors (Lipinski definition) is 5. The molecular formula is C11H25NO4Si. The highest BCUT2D eigenvalue weighted by molar-refractivity contribution is 6.66. The maximum atomic E-state index is 5.95. The molecule has 17 heavy (non-hydrogen) atoms. The van der Waals surface area contributed by atoms with Gasteiger partial charge in [-0.05, 0) is 34.1 Å². The van der Waals surface area contributed by atoms with Crippen LogP contribution in [0.2, 0.25) is 0 Å². The highest BCUT2D eigenvalue weighted by Gasteiger charge is 2.58. The molecule has 0 N–H and O–H groups in total. The van der Waals surface area contributed by atoms with Gasteiger partial charge >= 0.3 is 8.72 Å². The summed E-state index contributed by atoms with van der Waals surface area (Å²) in [5.41, 5.74) is 0.0407. The predicted molar refractivity (Wildman–Crippen MR) is 67.4 cm³/mol. The second-order valence-corrected chi connectivity index (χ2v) is 6.73. The maximum absolute atomic E-state index is 5.95. The molecule has 0 aromatic rings. The minimum atomic E-state index is -2.54. The quantitative estimate of drug-likeness (QED) is 0.622. The van der Waals surface area contributed by atoms with Crippen LogP contribution >= 0.6 is 0 Å². The lowest BCUT2D eigenvalue weighted by molar-refractivity contribution is -0.121. The zero-order chi connectivity index (χ0) is 12.7. The Balaban J connectivity index is 2.84. The first-order chi connectivity index (χ1) is 8.25. The van der Waals surface area contributed by atoms with Crippen LogP contribution in [0.25, 0.3) is 0 Å². The van der Waals surface area contributed by atoms with Gasteiger partial charge in [-0.2, -0.15) is 4.73 Å². The molecule has 0 bridgehead atoms. The predicted octanol–water partition coefficient (Wildman–Crippen LogP) is 1.60. The van der Waals surface area contributed by atoms with E-state index in [1.165, 1.54) is 0 Å². The standard InChI is InChI=1S/C11H25NO4Si/c1-5-13-11-9-10-12(14-6-2)17(11,15-7-3)16-8-4/h11H,5-10H2,1-4H3. The third-order valence-electron chi connectivity index (χ3n) is 2.70. The molecule has 0 aromatic heterocycles. The van der Waals surface area contributed by atoms with Crippen LogP contribution in [-0.4, -0.2) is 52.2 Å². The second kappa shape index (κ2) is 7.45. The summed E-state index contributed by atoms with van der Waals surface area (Å²) in [5.74, 6) is 0. The number of ether oxygens (including phenoxy) is 1. The van der Waals surface area contributed by atoms with Gasteiger partial charge in [0.05, 0.1) is 6.61 Å². The van der Waals surface area contributed by atoms with Gasteiger partial charge in [-0.1, -0.05) is 0 Å². The lowest BCUT2D eigenvalue weighted by atomic mass is 10.5. The topological polar surface area (TPSA) is 40.2 Å². The van der Waals surface area contributed by atoms with Crippen LogP contribution in [0.5, 0.6) is 0 Å². The Morgan fingerprint density at radius 2 is 1.65 bits per heavy atom. The summed E-state index contributed by atoms with van der Waals surface area (Å²) in [5, 5.41) is 0. The molecular weight excluding hydrogens is 238 g/mol. The van der Waals surface area contributed by atoms with Gasteiger partial charge < -0.3 is 18.4 Å². The highest BCUT2D eigenvalue weighted by Crippen LogP contribution is 2.30. The van der Waals surface area contributed by atoms with Gasteiger partial charge in [-0.3, -0.25) is 0 Å².